The number of rotatable bonds is 5. The Morgan fingerprint density at radius 1 is 1.42 bits per heavy atom. The molecule has 1 aliphatic heterocycles. The van der Waals surface area contributed by atoms with Crippen molar-refractivity contribution in [3.63, 3.8) is 0 Å². The molecular weight excluding hydrogens is 242 g/mol. The number of methoxy groups -OCH3 is 1. The van der Waals surface area contributed by atoms with Crippen LogP contribution in [0, 0.1) is 5.92 Å². The van der Waals surface area contributed by atoms with E-state index in [1.807, 2.05) is 12.1 Å². The molecule has 0 aliphatic carbocycles. The zero-order valence-corrected chi connectivity index (χ0v) is 11.4. The van der Waals surface area contributed by atoms with Crippen molar-refractivity contribution >= 4 is 5.97 Å². The summed E-state index contributed by atoms with van der Waals surface area (Å²) in [5.41, 5.74) is 0. The highest BCUT2D eigenvalue weighted by Gasteiger charge is 2.15. The summed E-state index contributed by atoms with van der Waals surface area (Å²) in [7, 11) is 1.59. The second kappa shape index (κ2) is 7.14. The summed E-state index contributed by atoms with van der Waals surface area (Å²) in [6, 6.07) is 7.13. The highest BCUT2D eigenvalue weighted by atomic mass is 16.5. The lowest BCUT2D eigenvalue weighted by molar-refractivity contribution is -0.134. The normalized spacial score (nSPS) is 18.9. The maximum atomic E-state index is 11.8. The van der Waals surface area contributed by atoms with Gasteiger partial charge in [0.1, 0.15) is 11.5 Å². The number of carbonyl (C=O) groups excluding carboxylic acids is 1. The van der Waals surface area contributed by atoms with Crippen LogP contribution in [0.5, 0.6) is 11.5 Å². The Kier molecular flexibility index (Phi) is 5.21. The summed E-state index contributed by atoms with van der Waals surface area (Å²) < 4.78 is 10.4. The third kappa shape index (κ3) is 4.56. The molecule has 1 aliphatic rings. The first-order valence-electron chi connectivity index (χ1n) is 6.83. The lowest BCUT2D eigenvalue weighted by Crippen LogP contribution is -2.30. The molecule has 0 amide bonds. The van der Waals surface area contributed by atoms with Gasteiger partial charge in [0.25, 0.3) is 0 Å². The summed E-state index contributed by atoms with van der Waals surface area (Å²) in [5, 5.41) is 3.35. The van der Waals surface area contributed by atoms with Crippen LogP contribution in [0.25, 0.3) is 0 Å². The molecule has 104 valence electrons. The molecule has 1 atom stereocenters. The average Bonchev–Trinajstić information content (AvgIpc) is 2.46. The Labute approximate surface area is 114 Å². The molecule has 4 nitrogen and oxygen atoms in total. The predicted molar refractivity (Wildman–Crippen MR) is 73.5 cm³/mol. The zero-order chi connectivity index (χ0) is 13.5. The summed E-state index contributed by atoms with van der Waals surface area (Å²) in [6.45, 7) is 2.12. The smallest absolute Gasteiger partial charge is 0.311 e. The number of benzene rings is 1. The molecule has 0 spiro atoms. The van der Waals surface area contributed by atoms with Crippen molar-refractivity contribution in [1.82, 2.24) is 5.32 Å². The summed E-state index contributed by atoms with van der Waals surface area (Å²) >= 11 is 0. The molecule has 1 saturated heterocycles. The van der Waals surface area contributed by atoms with Crippen LogP contribution in [0.3, 0.4) is 0 Å². The molecule has 4 heteroatoms. The van der Waals surface area contributed by atoms with E-state index >= 15 is 0 Å². The fraction of sp³-hybridized carbons (Fsp3) is 0.533. The Morgan fingerprint density at radius 2 is 2.26 bits per heavy atom. The molecule has 0 saturated carbocycles. The van der Waals surface area contributed by atoms with Gasteiger partial charge >= 0.3 is 5.97 Å². The third-order valence-corrected chi connectivity index (χ3v) is 3.43. The number of piperidine rings is 1. The van der Waals surface area contributed by atoms with Crippen LogP contribution in [0.2, 0.25) is 0 Å². The van der Waals surface area contributed by atoms with E-state index in [-0.39, 0.29) is 5.97 Å². The van der Waals surface area contributed by atoms with Gasteiger partial charge in [0.05, 0.1) is 7.11 Å². The molecule has 0 bridgehead atoms. The summed E-state index contributed by atoms with van der Waals surface area (Å²) in [5.74, 6) is 1.68. The highest BCUT2D eigenvalue weighted by molar-refractivity contribution is 5.72. The Morgan fingerprint density at radius 3 is 3.00 bits per heavy atom. The highest BCUT2D eigenvalue weighted by Crippen LogP contribution is 2.20. The number of ether oxygens (including phenoxy) is 2. The van der Waals surface area contributed by atoms with Gasteiger partial charge in [-0.25, -0.2) is 0 Å². The Balaban J connectivity index is 1.76. The monoisotopic (exact) mass is 263 g/mol. The van der Waals surface area contributed by atoms with Gasteiger partial charge < -0.3 is 14.8 Å². The van der Waals surface area contributed by atoms with E-state index in [0.717, 1.165) is 19.5 Å². The Bertz CT molecular complexity index is 414. The minimum absolute atomic E-state index is 0.168. The molecule has 0 aromatic heterocycles. The molecule has 1 heterocycles. The number of carbonyl (C=O) groups is 1. The van der Waals surface area contributed by atoms with Crippen LogP contribution in [0.1, 0.15) is 25.7 Å². The van der Waals surface area contributed by atoms with Crippen LogP contribution in [0.4, 0.5) is 0 Å². The van der Waals surface area contributed by atoms with Crippen LogP contribution in [0.15, 0.2) is 24.3 Å². The van der Waals surface area contributed by atoms with E-state index in [9.17, 15) is 4.79 Å². The minimum atomic E-state index is -0.168. The van der Waals surface area contributed by atoms with Crippen molar-refractivity contribution in [3.05, 3.63) is 24.3 Å². The van der Waals surface area contributed by atoms with Crippen LogP contribution >= 0.6 is 0 Å². The molecule has 2 rings (SSSR count). The van der Waals surface area contributed by atoms with E-state index in [2.05, 4.69) is 5.32 Å². The molecule has 1 aromatic carbocycles. The first-order valence-corrected chi connectivity index (χ1v) is 6.83. The van der Waals surface area contributed by atoms with Gasteiger partial charge in [0, 0.05) is 12.5 Å². The quantitative estimate of drug-likeness (QED) is 0.654. The first-order chi connectivity index (χ1) is 9.28. The van der Waals surface area contributed by atoms with Gasteiger partial charge in [-0.15, -0.1) is 0 Å². The fourth-order valence-electron chi connectivity index (χ4n) is 2.34. The van der Waals surface area contributed by atoms with E-state index in [1.54, 1.807) is 19.2 Å². The third-order valence-electron chi connectivity index (χ3n) is 3.43. The topological polar surface area (TPSA) is 47.6 Å². The number of esters is 1. The molecular formula is C15H21NO3. The molecule has 1 N–H and O–H groups in total. The minimum Gasteiger partial charge on any atom is -0.497 e. The van der Waals surface area contributed by atoms with Crippen LogP contribution < -0.4 is 14.8 Å². The first kappa shape index (κ1) is 13.9. The largest absolute Gasteiger partial charge is 0.497 e. The molecule has 1 aromatic rings. The number of hydrogen-bond acceptors (Lipinski definition) is 4. The van der Waals surface area contributed by atoms with Gasteiger partial charge in [0.2, 0.25) is 0 Å². The van der Waals surface area contributed by atoms with Crippen molar-refractivity contribution in [2.45, 2.75) is 25.7 Å². The zero-order valence-electron chi connectivity index (χ0n) is 11.4. The van der Waals surface area contributed by atoms with Gasteiger partial charge in [-0.1, -0.05) is 6.07 Å². The second-order valence-electron chi connectivity index (χ2n) is 4.90. The lowest BCUT2D eigenvalue weighted by Gasteiger charge is -2.22. The molecule has 0 radical (unpaired) electrons. The van der Waals surface area contributed by atoms with Crippen LogP contribution in [-0.2, 0) is 4.79 Å². The van der Waals surface area contributed by atoms with Crippen molar-refractivity contribution < 1.29 is 14.3 Å². The maximum absolute atomic E-state index is 11.8. The standard InChI is InChI=1S/C15H21NO3/c1-18-13-5-2-6-14(10-13)19-15(17)8-7-12-4-3-9-16-11-12/h2,5-6,10,12,16H,3-4,7-9,11H2,1H3. The van der Waals surface area contributed by atoms with Gasteiger partial charge in [0.15, 0.2) is 0 Å². The molecule has 19 heavy (non-hydrogen) atoms. The summed E-state index contributed by atoms with van der Waals surface area (Å²) in [4.78, 5) is 11.8. The lowest BCUT2D eigenvalue weighted by atomic mass is 9.95. The molecule has 1 unspecified atom stereocenters. The van der Waals surface area contributed by atoms with Crippen molar-refractivity contribution in [2.75, 3.05) is 20.2 Å². The van der Waals surface area contributed by atoms with Gasteiger partial charge in [-0.05, 0) is 50.4 Å². The van der Waals surface area contributed by atoms with Crippen molar-refractivity contribution in [1.29, 1.82) is 0 Å². The van der Waals surface area contributed by atoms with Crippen molar-refractivity contribution in [2.24, 2.45) is 5.92 Å². The number of hydrogen-bond donors (Lipinski definition) is 1. The van der Waals surface area contributed by atoms with Crippen molar-refractivity contribution in [3.8, 4) is 11.5 Å². The van der Waals surface area contributed by atoms with Crippen LogP contribution in [-0.4, -0.2) is 26.2 Å². The maximum Gasteiger partial charge on any atom is 0.311 e. The second-order valence-corrected chi connectivity index (χ2v) is 4.90. The summed E-state index contributed by atoms with van der Waals surface area (Å²) in [6.07, 6.45) is 3.79. The Hall–Kier alpha value is -1.55. The predicted octanol–water partition coefficient (Wildman–Crippen LogP) is 2.38. The average molecular weight is 263 g/mol. The van der Waals surface area contributed by atoms with E-state index in [4.69, 9.17) is 9.47 Å². The SMILES string of the molecule is COc1cccc(OC(=O)CCC2CCCNC2)c1. The van der Waals surface area contributed by atoms with E-state index in [1.165, 1.54) is 12.8 Å². The van der Waals surface area contributed by atoms with Gasteiger partial charge in [-0.2, -0.15) is 0 Å². The molecule has 1 fully saturated rings. The van der Waals surface area contributed by atoms with Gasteiger partial charge in [-0.3, -0.25) is 4.79 Å². The number of nitrogens with one attached hydrogen (secondary N) is 1. The fourth-order valence-corrected chi connectivity index (χ4v) is 2.34. The van der Waals surface area contributed by atoms with E-state index in [0.29, 0.717) is 23.8 Å². The van der Waals surface area contributed by atoms with E-state index < -0.39 is 0 Å².